The predicted octanol–water partition coefficient (Wildman–Crippen LogP) is 2.22. The molecule has 2 aromatic rings. The summed E-state index contributed by atoms with van der Waals surface area (Å²) < 4.78 is 0. The lowest BCUT2D eigenvalue weighted by Crippen LogP contribution is -2.31. The van der Waals surface area contributed by atoms with Gasteiger partial charge in [0.2, 0.25) is 0 Å². The number of amides is 2. The zero-order chi connectivity index (χ0) is 21.4. The number of carbonyl (C=O) groups is 3. The van der Waals surface area contributed by atoms with Crippen molar-refractivity contribution in [1.82, 2.24) is 10.7 Å². The number of nitrogens with one attached hydrogen (secondary N) is 4. The summed E-state index contributed by atoms with van der Waals surface area (Å²) in [6.07, 6.45) is 1.68. The molecular weight excluding hydrogens is 390 g/mol. The Kier molecular flexibility index (Phi) is 7.58. The van der Waals surface area contributed by atoms with Gasteiger partial charge in [-0.2, -0.15) is 0 Å². The topological polar surface area (TPSA) is 125 Å². The van der Waals surface area contributed by atoms with Gasteiger partial charge in [0.05, 0.1) is 5.56 Å². The van der Waals surface area contributed by atoms with Crippen LogP contribution in [0.15, 0.2) is 55.1 Å². The molecule has 0 heterocycles. The number of benzene rings is 2. The van der Waals surface area contributed by atoms with E-state index in [0.29, 0.717) is 28.6 Å². The van der Waals surface area contributed by atoms with E-state index in [4.69, 9.17) is 18.1 Å². The molecule has 0 bridgehead atoms. The molecule has 29 heavy (non-hydrogen) atoms. The normalized spacial score (nSPS) is 9.86. The maximum absolute atomic E-state index is 12.6. The van der Waals surface area contributed by atoms with E-state index >= 15 is 0 Å². The van der Waals surface area contributed by atoms with Gasteiger partial charge in [0.1, 0.15) is 0 Å². The number of anilines is 2. The van der Waals surface area contributed by atoms with E-state index in [0.717, 1.165) is 0 Å². The largest absolute Gasteiger partial charge is 0.359 e. The summed E-state index contributed by atoms with van der Waals surface area (Å²) in [5.74, 6) is 3.86. The first-order valence-electron chi connectivity index (χ1n) is 8.58. The Morgan fingerprint density at radius 3 is 2.41 bits per heavy atom. The quantitative estimate of drug-likeness (QED) is 0.118. The minimum Gasteiger partial charge on any atom is -0.359 e. The van der Waals surface area contributed by atoms with Crippen LogP contribution in [0, 0.1) is 0 Å². The number of nitrogens with two attached hydrogens (primary N) is 1. The van der Waals surface area contributed by atoms with Crippen LogP contribution in [0.1, 0.15) is 38.0 Å². The van der Waals surface area contributed by atoms with E-state index in [9.17, 15) is 14.4 Å². The molecule has 2 amide bonds. The van der Waals surface area contributed by atoms with Crippen molar-refractivity contribution < 1.29 is 14.4 Å². The summed E-state index contributed by atoms with van der Waals surface area (Å²) in [4.78, 5) is 36.2. The number of hydrogen-bond acceptors (Lipinski definition) is 5. The van der Waals surface area contributed by atoms with E-state index < -0.39 is 11.8 Å². The van der Waals surface area contributed by atoms with Crippen LogP contribution >= 0.6 is 12.2 Å². The zero-order valence-corrected chi connectivity index (χ0v) is 16.6. The summed E-state index contributed by atoms with van der Waals surface area (Å²) in [6.45, 7) is 5.46. The fourth-order valence-corrected chi connectivity index (χ4v) is 2.68. The van der Waals surface area contributed by atoms with Crippen LogP contribution in [0.5, 0.6) is 0 Å². The molecule has 0 aliphatic rings. The van der Waals surface area contributed by atoms with Crippen molar-refractivity contribution in [2.24, 2.45) is 5.84 Å². The molecule has 2 rings (SSSR count). The highest BCUT2D eigenvalue weighted by Crippen LogP contribution is 2.18. The average molecular weight is 411 g/mol. The molecular formula is C20H21N5O3S. The Labute approximate surface area is 173 Å². The van der Waals surface area contributed by atoms with E-state index in [2.05, 4.69) is 22.5 Å². The molecule has 0 aliphatic carbocycles. The number of nitrogen functional groups attached to an aromatic ring is 1. The van der Waals surface area contributed by atoms with Crippen LogP contribution < -0.4 is 27.2 Å². The SMILES string of the molecule is C=CCNC(=S)Nc1cccc(C(=O)Nc2ccc(C(C)=O)c(C(=O)NN)c2)c1. The first-order valence-corrected chi connectivity index (χ1v) is 8.99. The van der Waals surface area contributed by atoms with Gasteiger partial charge in [-0.15, -0.1) is 6.58 Å². The maximum Gasteiger partial charge on any atom is 0.265 e. The number of hydrazine groups is 1. The van der Waals surface area contributed by atoms with Gasteiger partial charge in [0.25, 0.3) is 11.8 Å². The number of carbonyl (C=O) groups excluding carboxylic acids is 3. The molecule has 0 saturated heterocycles. The number of ketones is 1. The third-order valence-corrected chi connectivity index (χ3v) is 4.07. The van der Waals surface area contributed by atoms with Gasteiger partial charge in [0.15, 0.2) is 10.9 Å². The lowest BCUT2D eigenvalue weighted by Gasteiger charge is -2.12. The Balaban J connectivity index is 2.19. The third-order valence-electron chi connectivity index (χ3n) is 3.82. The molecule has 0 radical (unpaired) electrons. The van der Waals surface area contributed by atoms with Crippen LogP contribution in [0.4, 0.5) is 11.4 Å². The van der Waals surface area contributed by atoms with Gasteiger partial charge in [-0.25, -0.2) is 5.84 Å². The third kappa shape index (κ3) is 5.96. The fraction of sp³-hybridized carbons (Fsp3) is 0.100. The lowest BCUT2D eigenvalue weighted by atomic mass is 10.0. The second-order valence-electron chi connectivity index (χ2n) is 5.95. The molecule has 150 valence electrons. The summed E-state index contributed by atoms with van der Waals surface area (Å²) in [5, 5.41) is 9.01. The molecule has 8 nitrogen and oxygen atoms in total. The predicted molar refractivity (Wildman–Crippen MR) is 117 cm³/mol. The number of rotatable bonds is 7. The second-order valence-corrected chi connectivity index (χ2v) is 6.36. The standard InChI is InChI=1S/C20H21N5O3S/c1-3-9-22-20(29)24-14-6-4-5-13(10-14)18(27)23-15-7-8-16(12(2)26)17(11-15)19(28)25-21/h3-8,10-11H,1,9,21H2,2H3,(H,23,27)(H,25,28)(H2,22,24,29). The van der Waals surface area contributed by atoms with Crippen molar-refractivity contribution >= 4 is 46.3 Å². The van der Waals surface area contributed by atoms with Crippen molar-refractivity contribution in [1.29, 1.82) is 0 Å². The molecule has 0 fully saturated rings. The van der Waals surface area contributed by atoms with Gasteiger partial charge < -0.3 is 16.0 Å². The van der Waals surface area contributed by atoms with E-state index in [1.165, 1.54) is 19.1 Å². The van der Waals surface area contributed by atoms with E-state index in [1.54, 1.807) is 36.4 Å². The van der Waals surface area contributed by atoms with Gasteiger partial charge >= 0.3 is 0 Å². The molecule has 0 aromatic heterocycles. The van der Waals surface area contributed by atoms with Crippen molar-refractivity contribution in [2.75, 3.05) is 17.2 Å². The van der Waals surface area contributed by atoms with Crippen LogP contribution in [0.2, 0.25) is 0 Å². The van der Waals surface area contributed by atoms with Gasteiger partial charge in [-0.1, -0.05) is 12.1 Å². The minimum absolute atomic E-state index is 0.0758. The molecule has 6 N–H and O–H groups in total. The van der Waals surface area contributed by atoms with Crippen molar-refractivity contribution in [3.05, 3.63) is 71.8 Å². The fourth-order valence-electron chi connectivity index (χ4n) is 2.48. The summed E-state index contributed by atoms with van der Waals surface area (Å²) >= 11 is 5.15. The van der Waals surface area contributed by atoms with Gasteiger partial charge in [-0.3, -0.25) is 19.8 Å². The Hall–Kier alpha value is -3.56. The highest BCUT2D eigenvalue weighted by Gasteiger charge is 2.16. The zero-order valence-electron chi connectivity index (χ0n) is 15.7. The average Bonchev–Trinajstić information content (AvgIpc) is 2.71. The monoisotopic (exact) mass is 411 g/mol. The molecule has 2 aromatic carbocycles. The van der Waals surface area contributed by atoms with Crippen molar-refractivity contribution in [3.8, 4) is 0 Å². The molecule has 0 atom stereocenters. The molecule has 0 spiro atoms. The molecule has 0 aliphatic heterocycles. The maximum atomic E-state index is 12.6. The lowest BCUT2D eigenvalue weighted by molar-refractivity contribution is 0.0938. The Morgan fingerprint density at radius 1 is 1.03 bits per heavy atom. The highest BCUT2D eigenvalue weighted by atomic mass is 32.1. The van der Waals surface area contributed by atoms with Gasteiger partial charge in [-0.05, 0) is 55.5 Å². The number of Topliss-reactive ketones (excluding diaryl/α,β-unsaturated/α-hetero) is 1. The van der Waals surface area contributed by atoms with Crippen LogP contribution in [0.25, 0.3) is 0 Å². The van der Waals surface area contributed by atoms with Crippen LogP contribution in [0.3, 0.4) is 0 Å². The smallest absolute Gasteiger partial charge is 0.265 e. The minimum atomic E-state index is -0.627. The number of thiocarbonyl (C=S) groups is 1. The first kappa shape index (κ1) is 21.7. The summed E-state index contributed by atoms with van der Waals surface area (Å²) in [7, 11) is 0. The van der Waals surface area contributed by atoms with Crippen molar-refractivity contribution in [2.45, 2.75) is 6.92 Å². The van der Waals surface area contributed by atoms with Crippen molar-refractivity contribution in [3.63, 3.8) is 0 Å². The second kappa shape index (κ2) is 10.1. The highest BCUT2D eigenvalue weighted by molar-refractivity contribution is 7.80. The molecule has 9 heteroatoms. The summed E-state index contributed by atoms with van der Waals surface area (Å²) in [6, 6.07) is 11.1. The van der Waals surface area contributed by atoms with Crippen LogP contribution in [-0.4, -0.2) is 29.3 Å². The van der Waals surface area contributed by atoms with E-state index in [1.807, 2.05) is 5.43 Å². The number of hydrogen-bond donors (Lipinski definition) is 5. The van der Waals surface area contributed by atoms with E-state index in [-0.39, 0.29) is 16.9 Å². The Morgan fingerprint density at radius 2 is 1.76 bits per heavy atom. The molecule has 0 saturated carbocycles. The first-order chi connectivity index (χ1) is 13.8. The summed E-state index contributed by atoms with van der Waals surface area (Å²) in [5.41, 5.74) is 3.63. The molecule has 0 unspecified atom stereocenters. The Bertz CT molecular complexity index is 974. The van der Waals surface area contributed by atoms with Crippen LogP contribution in [-0.2, 0) is 0 Å². The van der Waals surface area contributed by atoms with Gasteiger partial charge in [0, 0.05) is 29.0 Å².